The summed E-state index contributed by atoms with van der Waals surface area (Å²) in [6, 6.07) is 14.4. The Kier molecular flexibility index (Phi) is 8.53. The highest BCUT2D eigenvalue weighted by Gasteiger charge is 2.49. The van der Waals surface area contributed by atoms with Gasteiger partial charge in [-0.05, 0) is 43.3 Å². The molecule has 1 N–H and O–H groups in total. The average molecular weight is 645 g/mol. The molecule has 12 heteroatoms. The first-order valence-corrected chi connectivity index (χ1v) is 16.8. The second kappa shape index (κ2) is 12.7. The molecular formula is C34H41ClN8O3. The van der Waals surface area contributed by atoms with Gasteiger partial charge in [0.15, 0.2) is 0 Å². The number of rotatable bonds is 8. The summed E-state index contributed by atoms with van der Waals surface area (Å²) in [5, 5.41) is 22.1. The number of ether oxygens (including phenoxy) is 1. The summed E-state index contributed by atoms with van der Waals surface area (Å²) in [7, 11) is 0. The van der Waals surface area contributed by atoms with Crippen LogP contribution in [0, 0.1) is 11.3 Å². The number of anilines is 2. The van der Waals surface area contributed by atoms with Gasteiger partial charge in [0.2, 0.25) is 0 Å². The van der Waals surface area contributed by atoms with Gasteiger partial charge in [-0.15, -0.1) is 0 Å². The van der Waals surface area contributed by atoms with Gasteiger partial charge < -0.3 is 29.4 Å². The zero-order chi connectivity index (χ0) is 31.8. The molecule has 0 spiro atoms. The van der Waals surface area contributed by atoms with Gasteiger partial charge in [0, 0.05) is 69.0 Å². The summed E-state index contributed by atoms with van der Waals surface area (Å²) < 4.78 is 6.50. The number of fused-ring (bicyclic) bond motifs is 2. The molecule has 0 bridgehead atoms. The van der Waals surface area contributed by atoms with Gasteiger partial charge in [-0.2, -0.15) is 15.2 Å². The smallest absolute Gasteiger partial charge is 0.407 e. The van der Waals surface area contributed by atoms with Crippen molar-refractivity contribution in [3.63, 3.8) is 0 Å². The number of likely N-dealkylation sites (N-methyl/N-ethyl adjacent to an activating group) is 1. The van der Waals surface area contributed by atoms with Crippen molar-refractivity contribution >= 4 is 40.0 Å². The van der Waals surface area contributed by atoms with E-state index in [0.29, 0.717) is 38.8 Å². The van der Waals surface area contributed by atoms with Crippen LogP contribution < -0.4 is 14.5 Å². The number of amides is 1. The first-order valence-electron chi connectivity index (χ1n) is 16.4. The van der Waals surface area contributed by atoms with Crippen LogP contribution in [0.4, 0.5) is 16.3 Å². The lowest BCUT2D eigenvalue weighted by molar-refractivity contribution is 0.0580. The van der Waals surface area contributed by atoms with E-state index in [-0.39, 0.29) is 12.0 Å². The predicted molar refractivity (Wildman–Crippen MR) is 178 cm³/mol. The molecular weight excluding hydrogens is 604 g/mol. The average Bonchev–Trinajstić information content (AvgIpc) is 3.88. The number of benzene rings is 2. The lowest BCUT2D eigenvalue weighted by Crippen LogP contribution is -2.55. The van der Waals surface area contributed by atoms with Crippen molar-refractivity contribution in [2.24, 2.45) is 0 Å². The number of piperazine rings is 2. The third-order valence-corrected chi connectivity index (χ3v) is 10.7. The van der Waals surface area contributed by atoms with Crippen LogP contribution >= 0.6 is 11.6 Å². The fraction of sp³-hybridized carbons (Fsp3) is 0.529. The Morgan fingerprint density at radius 2 is 1.85 bits per heavy atom. The standard InChI is InChI=1S/C34H41ClN8O3/c1-2-39-15-18-42(19-16-39)34(11-12-34)23-46-32-37-28-22-40(29-8-4-6-24-5-3-7-27(35)30(24)29)14-10-26(28)31(38-32)41-17-20-43(33(44)45)25(21-41)9-13-36/h3-8,25H,2,9-12,14-23H2,1H3,(H,44,45)/t25-/m0/s1. The number of nitriles is 1. The molecule has 1 amide bonds. The van der Waals surface area contributed by atoms with Crippen LogP contribution in [0.1, 0.15) is 37.4 Å². The van der Waals surface area contributed by atoms with Gasteiger partial charge in [0.05, 0.1) is 41.3 Å². The molecule has 0 radical (unpaired) electrons. The number of halogens is 1. The van der Waals surface area contributed by atoms with E-state index in [1.165, 1.54) is 4.90 Å². The molecule has 7 rings (SSSR count). The molecule has 1 saturated carbocycles. The SMILES string of the molecule is CCN1CCN(C2(COc3nc4c(c(N5CCN(C(=O)O)[C@@H](CC#N)C5)n3)CCN(c3cccc5cccc(Cl)c35)C4)CC2)CC1. The number of carboxylic acid groups (broad SMARTS) is 1. The van der Waals surface area contributed by atoms with Gasteiger partial charge in [-0.3, -0.25) is 4.90 Å². The van der Waals surface area contributed by atoms with E-state index in [9.17, 15) is 15.2 Å². The van der Waals surface area contributed by atoms with Gasteiger partial charge >= 0.3 is 12.1 Å². The highest BCUT2D eigenvalue weighted by atomic mass is 35.5. The number of carbonyl (C=O) groups is 1. The molecule has 2 aromatic carbocycles. The van der Waals surface area contributed by atoms with Crippen molar-refractivity contribution in [2.45, 2.75) is 50.7 Å². The van der Waals surface area contributed by atoms with Crippen LogP contribution in [0.25, 0.3) is 10.8 Å². The lowest BCUT2D eigenvalue weighted by Gasteiger charge is -2.41. The molecule has 1 aromatic heterocycles. The summed E-state index contributed by atoms with van der Waals surface area (Å²) in [6.45, 7) is 10.6. The highest BCUT2D eigenvalue weighted by Crippen LogP contribution is 2.43. The Balaban J connectivity index is 1.19. The molecule has 3 aliphatic heterocycles. The Hall–Kier alpha value is -3.85. The quantitative estimate of drug-likeness (QED) is 0.377. The fourth-order valence-corrected chi connectivity index (χ4v) is 7.75. The van der Waals surface area contributed by atoms with E-state index in [1.807, 2.05) is 12.1 Å². The zero-order valence-corrected chi connectivity index (χ0v) is 27.1. The maximum absolute atomic E-state index is 11.9. The van der Waals surface area contributed by atoms with E-state index in [4.69, 9.17) is 26.3 Å². The van der Waals surface area contributed by atoms with Gasteiger partial charge in [0.1, 0.15) is 12.4 Å². The van der Waals surface area contributed by atoms with E-state index in [1.54, 1.807) is 0 Å². The summed E-state index contributed by atoms with van der Waals surface area (Å²) in [5.41, 5.74) is 3.08. The minimum Gasteiger partial charge on any atom is -0.465 e. The Morgan fingerprint density at radius 1 is 1.07 bits per heavy atom. The molecule has 4 heterocycles. The number of nitrogens with zero attached hydrogens (tertiary/aromatic N) is 8. The Labute approximate surface area is 274 Å². The van der Waals surface area contributed by atoms with Crippen LogP contribution in [-0.2, 0) is 13.0 Å². The second-order valence-corrected chi connectivity index (χ2v) is 13.3. The maximum Gasteiger partial charge on any atom is 0.407 e. The molecule has 46 heavy (non-hydrogen) atoms. The monoisotopic (exact) mass is 644 g/mol. The number of hydrogen-bond acceptors (Lipinski definition) is 9. The summed E-state index contributed by atoms with van der Waals surface area (Å²) in [4.78, 5) is 32.9. The van der Waals surface area contributed by atoms with Gasteiger partial charge in [-0.1, -0.05) is 42.8 Å². The second-order valence-electron chi connectivity index (χ2n) is 12.9. The summed E-state index contributed by atoms with van der Waals surface area (Å²) in [5.74, 6) is 0.796. The third-order valence-electron chi connectivity index (χ3n) is 10.3. The summed E-state index contributed by atoms with van der Waals surface area (Å²) >= 11 is 6.72. The van der Waals surface area contributed by atoms with Crippen LogP contribution in [0.5, 0.6) is 6.01 Å². The molecule has 3 fully saturated rings. The van der Waals surface area contributed by atoms with E-state index in [0.717, 1.165) is 97.1 Å². The number of hydrogen-bond donors (Lipinski definition) is 1. The third kappa shape index (κ3) is 5.90. The number of aromatic nitrogens is 2. The molecule has 3 aromatic rings. The molecule has 4 aliphatic rings. The fourth-order valence-electron chi connectivity index (χ4n) is 7.47. The van der Waals surface area contributed by atoms with E-state index < -0.39 is 12.1 Å². The first-order chi connectivity index (χ1) is 22.4. The van der Waals surface area contributed by atoms with E-state index in [2.05, 4.69) is 56.9 Å². The van der Waals surface area contributed by atoms with Crippen LogP contribution in [0.3, 0.4) is 0 Å². The zero-order valence-electron chi connectivity index (χ0n) is 26.4. The van der Waals surface area contributed by atoms with Crippen molar-refractivity contribution in [1.82, 2.24) is 24.7 Å². The largest absolute Gasteiger partial charge is 0.465 e. The molecule has 11 nitrogen and oxygen atoms in total. The van der Waals surface area contributed by atoms with Crippen molar-refractivity contribution in [1.29, 1.82) is 5.26 Å². The van der Waals surface area contributed by atoms with Crippen molar-refractivity contribution in [3.05, 3.63) is 52.7 Å². The Morgan fingerprint density at radius 3 is 2.57 bits per heavy atom. The van der Waals surface area contributed by atoms with Crippen LogP contribution in [-0.4, -0.2) is 113 Å². The maximum atomic E-state index is 11.9. The summed E-state index contributed by atoms with van der Waals surface area (Å²) in [6.07, 6.45) is 2.08. The topological polar surface area (TPSA) is 112 Å². The van der Waals surface area contributed by atoms with Crippen molar-refractivity contribution < 1.29 is 14.6 Å². The van der Waals surface area contributed by atoms with Crippen molar-refractivity contribution in [3.8, 4) is 12.1 Å². The van der Waals surface area contributed by atoms with Crippen molar-refractivity contribution in [2.75, 3.05) is 75.3 Å². The highest BCUT2D eigenvalue weighted by molar-refractivity contribution is 6.36. The van der Waals surface area contributed by atoms with Gasteiger partial charge in [-0.25, -0.2) is 4.79 Å². The predicted octanol–water partition coefficient (Wildman–Crippen LogP) is 4.48. The molecule has 2 saturated heterocycles. The molecule has 1 aliphatic carbocycles. The minimum absolute atomic E-state index is 0.0377. The molecule has 242 valence electrons. The van der Waals surface area contributed by atoms with E-state index >= 15 is 0 Å². The normalized spacial score (nSPS) is 21.6. The van der Waals surface area contributed by atoms with Gasteiger partial charge in [0.25, 0.3) is 0 Å². The van der Waals surface area contributed by atoms with Crippen LogP contribution in [0.2, 0.25) is 5.02 Å². The Bertz CT molecular complexity index is 1650. The molecule has 0 unspecified atom stereocenters. The van der Waals surface area contributed by atoms with Crippen LogP contribution in [0.15, 0.2) is 36.4 Å². The first kappa shape index (κ1) is 30.8. The minimum atomic E-state index is -0.993. The lowest BCUT2D eigenvalue weighted by atomic mass is 10.0. The molecule has 1 atom stereocenters.